The second-order valence-electron chi connectivity index (χ2n) is 4.61. The SMILES string of the molecule is CCNc1nc(Nc2ccc(F)cc2C)c2[nH]cnc2n1. The predicted molar refractivity (Wildman–Crippen MR) is 80.3 cm³/mol. The van der Waals surface area contributed by atoms with Gasteiger partial charge >= 0.3 is 0 Å². The van der Waals surface area contributed by atoms with Gasteiger partial charge in [0.1, 0.15) is 11.3 Å². The number of nitrogens with zero attached hydrogens (tertiary/aromatic N) is 3. The summed E-state index contributed by atoms with van der Waals surface area (Å²) in [6.45, 7) is 4.52. The summed E-state index contributed by atoms with van der Waals surface area (Å²) >= 11 is 0. The number of fused-ring (bicyclic) bond motifs is 1. The molecule has 0 unspecified atom stereocenters. The highest BCUT2D eigenvalue weighted by atomic mass is 19.1. The Hall–Kier alpha value is -2.70. The zero-order chi connectivity index (χ0) is 14.8. The molecule has 0 saturated carbocycles. The Labute approximate surface area is 120 Å². The molecule has 0 aliphatic heterocycles. The van der Waals surface area contributed by atoms with E-state index in [1.807, 2.05) is 13.8 Å². The number of aromatic nitrogens is 4. The van der Waals surface area contributed by atoms with Gasteiger partial charge < -0.3 is 15.6 Å². The van der Waals surface area contributed by atoms with Crippen LogP contribution in [0.15, 0.2) is 24.5 Å². The van der Waals surface area contributed by atoms with E-state index in [1.165, 1.54) is 12.1 Å². The van der Waals surface area contributed by atoms with Crippen molar-refractivity contribution in [2.45, 2.75) is 13.8 Å². The van der Waals surface area contributed by atoms with Crippen LogP contribution in [0.4, 0.5) is 21.8 Å². The van der Waals surface area contributed by atoms with E-state index in [0.29, 0.717) is 29.5 Å². The third-order valence-electron chi connectivity index (χ3n) is 3.06. The predicted octanol–water partition coefficient (Wildman–Crippen LogP) is 2.98. The number of hydrogen-bond donors (Lipinski definition) is 3. The Morgan fingerprint density at radius 2 is 2.14 bits per heavy atom. The van der Waals surface area contributed by atoms with Crippen LogP contribution in [0.25, 0.3) is 11.2 Å². The van der Waals surface area contributed by atoms with E-state index in [0.717, 1.165) is 11.3 Å². The molecule has 108 valence electrons. The van der Waals surface area contributed by atoms with Gasteiger partial charge in [-0.05, 0) is 37.6 Å². The van der Waals surface area contributed by atoms with Crippen molar-refractivity contribution in [1.29, 1.82) is 0 Å². The number of imidazole rings is 1. The first-order valence-electron chi connectivity index (χ1n) is 6.65. The van der Waals surface area contributed by atoms with Gasteiger partial charge in [-0.2, -0.15) is 9.97 Å². The fourth-order valence-corrected chi connectivity index (χ4v) is 2.06. The monoisotopic (exact) mass is 286 g/mol. The van der Waals surface area contributed by atoms with Crippen LogP contribution in [0.3, 0.4) is 0 Å². The summed E-state index contributed by atoms with van der Waals surface area (Å²) in [6.07, 6.45) is 1.57. The molecule has 2 heterocycles. The summed E-state index contributed by atoms with van der Waals surface area (Å²) in [4.78, 5) is 15.9. The minimum Gasteiger partial charge on any atom is -0.354 e. The van der Waals surface area contributed by atoms with E-state index >= 15 is 0 Å². The highest BCUT2D eigenvalue weighted by molar-refractivity contribution is 5.86. The number of aryl methyl sites for hydroxylation is 1. The van der Waals surface area contributed by atoms with Crippen LogP contribution in [0.5, 0.6) is 0 Å². The first kappa shape index (κ1) is 13.3. The molecule has 0 amide bonds. The maximum Gasteiger partial charge on any atom is 0.226 e. The molecular weight excluding hydrogens is 271 g/mol. The minimum absolute atomic E-state index is 0.263. The Kier molecular flexibility index (Phi) is 3.39. The standard InChI is InChI=1S/C14H15FN6/c1-3-16-14-20-12-11(17-7-18-12)13(21-14)19-10-5-4-9(15)6-8(10)2/h4-7H,3H2,1-2H3,(H3,16,17,18,19,20,21). The average molecular weight is 286 g/mol. The van der Waals surface area contributed by atoms with Crippen molar-refractivity contribution in [3.05, 3.63) is 35.9 Å². The molecule has 0 saturated heterocycles. The number of nitrogens with one attached hydrogen (secondary N) is 3. The molecule has 3 aromatic rings. The maximum absolute atomic E-state index is 13.2. The van der Waals surface area contributed by atoms with Crippen LogP contribution < -0.4 is 10.6 Å². The van der Waals surface area contributed by atoms with Crippen LogP contribution in [0, 0.1) is 12.7 Å². The lowest BCUT2D eigenvalue weighted by molar-refractivity contribution is 0.627. The van der Waals surface area contributed by atoms with E-state index in [9.17, 15) is 4.39 Å². The van der Waals surface area contributed by atoms with Gasteiger partial charge in [0, 0.05) is 12.2 Å². The Morgan fingerprint density at radius 1 is 1.29 bits per heavy atom. The number of aromatic amines is 1. The topological polar surface area (TPSA) is 78.5 Å². The molecule has 0 spiro atoms. The molecular formula is C14H15FN6. The van der Waals surface area contributed by atoms with Crippen molar-refractivity contribution >= 4 is 28.6 Å². The van der Waals surface area contributed by atoms with Gasteiger partial charge in [0.15, 0.2) is 11.5 Å². The van der Waals surface area contributed by atoms with E-state index in [2.05, 4.69) is 30.6 Å². The smallest absolute Gasteiger partial charge is 0.226 e. The largest absolute Gasteiger partial charge is 0.354 e. The van der Waals surface area contributed by atoms with Gasteiger partial charge in [0.25, 0.3) is 0 Å². The average Bonchev–Trinajstić information content (AvgIpc) is 2.91. The Morgan fingerprint density at radius 3 is 2.90 bits per heavy atom. The fourth-order valence-electron chi connectivity index (χ4n) is 2.06. The molecule has 0 fully saturated rings. The summed E-state index contributed by atoms with van der Waals surface area (Å²) in [5.74, 6) is 0.836. The molecule has 0 aliphatic rings. The lowest BCUT2D eigenvalue weighted by atomic mass is 10.2. The van der Waals surface area contributed by atoms with Crippen molar-refractivity contribution in [2.75, 3.05) is 17.2 Å². The zero-order valence-corrected chi connectivity index (χ0v) is 11.7. The zero-order valence-electron chi connectivity index (χ0n) is 11.7. The van der Waals surface area contributed by atoms with Gasteiger partial charge in [-0.25, -0.2) is 9.37 Å². The summed E-state index contributed by atoms with van der Waals surface area (Å²) in [6, 6.07) is 4.56. The highest BCUT2D eigenvalue weighted by Crippen LogP contribution is 2.25. The number of anilines is 3. The molecule has 1 aromatic carbocycles. The van der Waals surface area contributed by atoms with Crippen molar-refractivity contribution < 1.29 is 4.39 Å². The molecule has 0 bridgehead atoms. The van der Waals surface area contributed by atoms with Crippen LogP contribution >= 0.6 is 0 Å². The van der Waals surface area contributed by atoms with Crippen LogP contribution in [-0.4, -0.2) is 26.5 Å². The molecule has 0 atom stereocenters. The van der Waals surface area contributed by atoms with E-state index in [-0.39, 0.29) is 5.82 Å². The molecule has 21 heavy (non-hydrogen) atoms. The first-order valence-corrected chi connectivity index (χ1v) is 6.65. The van der Waals surface area contributed by atoms with Gasteiger partial charge in [0.05, 0.1) is 6.33 Å². The van der Waals surface area contributed by atoms with Crippen molar-refractivity contribution in [1.82, 2.24) is 19.9 Å². The van der Waals surface area contributed by atoms with Gasteiger partial charge in [-0.3, -0.25) is 0 Å². The van der Waals surface area contributed by atoms with Crippen LogP contribution in [0.1, 0.15) is 12.5 Å². The van der Waals surface area contributed by atoms with Crippen molar-refractivity contribution in [2.24, 2.45) is 0 Å². The molecule has 3 rings (SSSR count). The minimum atomic E-state index is -0.263. The number of hydrogen-bond acceptors (Lipinski definition) is 5. The van der Waals surface area contributed by atoms with Crippen LogP contribution in [-0.2, 0) is 0 Å². The van der Waals surface area contributed by atoms with Crippen molar-refractivity contribution in [3.8, 4) is 0 Å². The number of halogens is 1. The summed E-state index contributed by atoms with van der Waals surface area (Å²) in [7, 11) is 0. The summed E-state index contributed by atoms with van der Waals surface area (Å²) in [5, 5.41) is 6.26. The van der Waals surface area contributed by atoms with Crippen LogP contribution in [0.2, 0.25) is 0 Å². The quantitative estimate of drug-likeness (QED) is 0.687. The highest BCUT2D eigenvalue weighted by Gasteiger charge is 2.11. The number of benzene rings is 1. The first-order chi connectivity index (χ1) is 10.2. The second kappa shape index (κ2) is 5.35. The fraction of sp³-hybridized carbons (Fsp3) is 0.214. The molecule has 6 nitrogen and oxygen atoms in total. The Balaban J connectivity index is 2.04. The van der Waals surface area contributed by atoms with Gasteiger partial charge in [-0.15, -0.1) is 0 Å². The van der Waals surface area contributed by atoms with E-state index in [1.54, 1.807) is 12.4 Å². The lowest BCUT2D eigenvalue weighted by Gasteiger charge is -2.11. The molecule has 0 aliphatic carbocycles. The van der Waals surface area contributed by atoms with Gasteiger partial charge in [-0.1, -0.05) is 0 Å². The molecule has 3 N–H and O–H groups in total. The molecule has 2 aromatic heterocycles. The Bertz CT molecular complexity index is 782. The normalized spacial score (nSPS) is 10.8. The van der Waals surface area contributed by atoms with E-state index < -0.39 is 0 Å². The maximum atomic E-state index is 13.2. The lowest BCUT2D eigenvalue weighted by Crippen LogP contribution is -2.05. The molecule has 7 heteroatoms. The summed E-state index contributed by atoms with van der Waals surface area (Å²) in [5.41, 5.74) is 2.86. The van der Waals surface area contributed by atoms with Gasteiger partial charge in [0.2, 0.25) is 5.95 Å². The van der Waals surface area contributed by atoms with E-state index in [4.69, 9.17) is 0 Å². The molecule has 0 radical (unpaired) electrons. The third-order valence-corrected chi connectivity index (χ3v) is 3.06. The summed E-state index contributed by atoms with van der Waals surface area (Å²) < 4.78 is 13.2. The number of H-pyrrole nitrogens is 1. The third kappa shape index (κ3) is 2.62. The van der Waals surface area contributed by atoms with Crippen molar-refractivity contribution in [3.63, 3.8) is 0 Å². The number of rotatable bonds is 4. The second-order valence-corrected chi connectivity index (χ2v) is 4.61.